The molecule has 8 heteroatoms. The Kier molecular flexibility index (Phi) is 17.1. The summed E-state index contributed by atoms with van der Waals surface area (Å²) in [7, 11) is -0.194. The molecule has 0 spiro atoms. The molecule has 2 rings (SSSR count). The smallest absolute Gasteiger partial charge is 0.267 e. The summed E-state index contributed by atoms with van der Waals surface area (Å²) in [5.74, 6) is 0.244. The Labute approximate surface area is 230 Å². The van der Waals surface area contributed by atoms with E-state index >= 15 is 0 Å². The molecule has 0 fully saturated rings. The van der Waals surface area contributed by atoms with Gasteiger partial charge in [0.05, 0.1) is 18.6 Å². The third kappa shape index (κ3) is 19.3. The van der Waals surface area contributed by atoms with Gasteiger partial charge in [-0.25, -0.2) is 8.42 Å². The second kappa shape index (κ2) is 18.8. The van der Waals surface area contributed by atoms with Crippen molar-refractivity contribution in [1.29, 1.82) is 0 Å². The monoisotopic (exact) mass is 572 g/mol. The lowest BCUT2D eigenvalue weighted by molar-refractivity contribution is 0.396. The Morgan fingerprint density at radius 1 is 0.568 bits per heavy atom. The number of unbranched alkanes of at least 4 members (excludes halogenated alkanes) is 8. The third-order valence-corrected chi connectivity index (χ3v) is 8.74. The number of hydrogen-bond donors (Lipinski definition) is 0. The van der Waals surface area contributed by atoms with Gasteiger partial charge in [0.25, 0.3) is 10.1 Å². The molecular weight excluding hydrogens is 528 g/mol. The highest BCUT2D eigenvalue weighted by Crippen LogP contribution is 2.12. The lowest BCUT2D eigenvalue weighted by Crippen LogP contribution is -2.07. The van der Waals surface area contributed by atoms with Crippen molar-refractivity contribution in [3.63, 3.8) is 0 Å². The van der Waals surface area contributed by atoms with E-state index in [1.807, 2.05) is 0 Å². The van der Waals surface area contributed by atoms with Crippen LogP contribution < -0.4 is 0 Å². The lowest BCUT2D eigenvalue weighted by Gasteiger charge is -2.03. The SMILES string of the molecule is COS(=O)(=O)CCCCCCCc1ccc(C)cc1.Cc1ccc(CCCCCCCS(=O)(=O)Cl)cc1. The van der Waals surface area contributed by atoms with Crippen molar-refractivity contribution in [2.45, 2.75) is 90.9 Å². The van der Waals surface area contributed by atoms with E-state index < -0.39 is 19.2 Å². The predicted molar refractivity (Wildman–Crippen MR) is 156 cm³/mol. The molecule has 0 aliphatic carbocycles. The molecule has 37 heavy (non-hydrogen) atoms. The quantitative estimate of drug-likeness (QED) is 0.111. The molecule has 5 nitrogen and oxygen atoms in total. The van der Waals surface area contributed by atoms with E-state index in [1.54, 1.807) is 0 Å². The maximum Gasteiger partial charge on any atom is 0.267 e. The Balaban J connectivity index is 0.000000371. The molecule has 0 saturated heterocycles. The van der Waals surface area contributed by atoms with Crippen molar-refractivity contribution >= 4 is 29.9 Å². The third-order valence-electron chi connectivity index (χ3n) is 6.21. The van der Waals surface area contributed by atoms with Crippen LogP contribution in [0.5, 0.6) is 0 Å². The minimum atomic E-state index is -3.29. The maximum absolute atomic E-state index is 11.1. The van der Waals surface area contributed by atoms with E-state index in [0.717, 1.165) is 57.8 Å². The van der Waals surface area contributed by atoms with Gasteiger partial charge >= 0.3 is 0 Å². The fraction of sp³-hybridized carbons (Fsp3) is 0.586. The summed E-state index contributed by atoms with van der Waals surface area (Å²) in [5.41, 5.74) is 5.35. The maximum atomic E-state index is 11.1. The highest BCUT2D eigenvalue weighted by Gasteiger charge is 2.07. The molecule has 0 atom stereocenters. The van der Waals surface area contributed by atoms with Gasteiger partial charge in [0.2, 0.25) is 9.05 Å². The van der Waals surface area contributed by atoms with Crippen molar-refractivity contribution in [3.05, 3.63) is 70.8 Å². The normalized spacial score (nSPS) is 11.7. The van der Waals surface area contributed by atoms with Crippen LogP contribution in [0.3, 0.4) is 0 Å². The topological polar surface area (TPSA) is 77.5 Å². The van der Waals surface area contributed by atoms with Gasteiger partial charge in [-0.15, -0.1) is 0 Å². The Hall–Kier alpha value is -1.41. The Morgan fingerprint density at radius 3 is 1.30 bits per heavy atom. The van der Waals surface area contributed by atoms with Gasteiger partial charge in [-0.1, -0.05) is 98.2 Å². The Morgan fingerprint density at radius 2 is 0.919 bits per heavy atom. The summed E-state index contributed by atoms with van der Waals surface area (Å²) < 4.78 is 48.0. The van der Waals surface area contributed by atoms with Crippen LogP contribution in [0.15, 0.2) is 48.5 Å². The number of hydrogen-bond acceptors (Lipinski definition) is 5. The number of benzene rings is 2. The fourth-order valence-corrected chi connectivity index (χ4v) is 5.47. The van der Waals surface area contributed by atoms with Gasteiger partial charge in [-0.3, -0.25) is 4.18 Å². The van der Waals surface area contributed by atoms with Crippen molar-refractivity contribution in [2.24, 2.45) is 0 Å². The first-order valence-electron chi connectivity index (χ1n) is 13.3. The number of halogens is 1. The van der Waals surface area contributed by atoms with Crippen molar-refractivity contribution in [1.82, 2.24) is 0 Å². The summed E-state index contributed by atoms with van der Waals surface area (Å²) >= 11 is 0. The van der Waals surface area contributed by atoms with E-state index in [0.29, 0.717) is 12.8 Å². The summed E-state index contributed by atoms with van der Waals surface area (Å²) in [5, 5.41) is 0. The summed E-state index contributed by atoms with van der Waals surface area (Å²) in [6.07, 6.45) is 12.3. The van der Waals surface area contributed by atoms with Crippen LogP contribution in [0.4, 0.5) is 0 Å². The zero-order chi connectivity index (χ0) is 27.6. The molecule has 0 N–H and O–H groups in total. The van der Waals surface area contributed by atoms with E-state index in [-0.39, 0.29) is 11.5 Å². The molecule has 0 bridgehead atoms. The molecule has 0 aliphatic rings. The standard InChI is InChI=1S/C15H24O3S.C14H21ClO2S/c1-14-9-11-15(12-10-14)8-6-4-3-5-7-13-19(16,17)18-2;1-13-8-10-14(11-9-13)7-5-3-2-4-6-12-18(15,16)17/h9-12H,3-8,13H2,1-2H3;8-11H,2-7,12H2,1H3. The predicted octanol–water partition coefficient (Wildman–Crippen LogP) is 7.52. The van der Waals surface area contributed by atoms with Crippen LogP contribution in [0, 0.1) is 13.8 Å². The molecule has 0 aromatic heterocycles. The minimum Gasteiger partial charge on any atom is -0.273 e. The van der Waals surface area contributed by atoms with Crippen LogP contribution in [-0.4, -0.2) is 35.5 Å². The van der Waals surface area contributed by atoms with Crippen LogP contribution >= 0.6 is 10.7 Å². The second-order valence-electron chi connectivity index (χ2n) is 9.68. The van der Waals surface area contributed by atoms with Gasteiger partial charge in [-0.2, -0.15) is 8.42 Å². The molecular formula is C29H45ClO5S2. The minimum absolute atomic E-state index is 0.104. The average Bonchev–Trinajstić information content (AvgIpc) is 2.85. The van der Waals surface area contributed by atoms with Gasteiger partial charge in [0.15, 0.2) is 0 Å². The van der Waals surface area contributed by atoms with Crippen LogP contribution in [0.1, 0.15) is 86.5 Å². The molecule has 0 radical (unpaired) electrons. The Bertz CT molecular complexity index is 1060. The first-order valence-corrected chi connectivity index (χ1v) is 17.4. The van der Waals surface area contributed by atoms with E-state index in [1.165, 1.54) is 35.8 Å². The molecule has 0 aliphatic heterocycles. The zero-order valence-electron chi connectivity index (χ0n) is 22.8. The molecule has 210 valence electrons. The first-order chi connectivity index (χ1) is 17.5. The lowest BCUT2D eigenvalue weighted by atomic mass is 10.0. The second-order valence-corrected chi connectivity index (χ2v) is 14.4. The number of rotatable bonds is 17. The molecule has 0 saturated carbocycles. The highest BCUT2D eigenvalue weighted by molar-refractivity contribution is 8.13. The summed E-state index contributed by atoms with van der Waals surface area (Å²) in [6, 6.07) is 17.3. The van der Waals surface area contributed by atoms with Crippen molar-refractivity contribution in [3.8, 4) is 0 Å². The molecule has 0 unspecified atom stereocenters. The average molecular weight is 573 g/mol. The van der Waals surface area contributed by atoms with Gasteiger partial charge in [-0.05, 0) is 63.5 Å². The molecule has 2 aromatic carbocycles. The zero-order valence-corrected chi connectivity index (χ0v) is 25.1. The summed E-state index contributed by atoms with van der Waals surface area (Å²) in [4.78, 5) is 0. The van der Waals surface area contributed by atoms with Gasteiger partial charge in [0.1, 0.15) is 0 Å². The summed E-state index contributed by atoms with van der Waals surface area (Å²) in [6.45, 7) is 4.19. The van der Waals surface area contributed by atoms with Crippen molar-refractivity contribution in [2.75, 3.05) is 18.6 Å². The van der Waals surface area contributed by atoms with Crippen molar-refractivity contribution < 1.29 is 21.0 Å². The van der Waals surface area contributed by atoms with Crippen LogP contribution in [-0.2, 0) is 36.2 Å². The highest BCUT2D eigenvalue weighted by atomic mass is 35.7. The van der Waals surface area contributed by atoms with Crippen LogP contribution in [0.2, 0.25) is 0 Å². The largest absolute Gasteiger partial charge is 0.273 e. The molecule has 0 heterocycles. The van der Waals surface area contributed by atoms with E-state index in [4.69, 9.17) is 10.7 Å². The van der Waals surface area contributed by atoms with E-state index in [2.05, 4.69) is 66.6 Å². The van der Waals surface area contributed by atoms with Crippen LogP contribution in [0.25, 0.3) is 0 Å². The fourth-order valence-electron chi connectivity index (χ4n) is 3.87. The molecule has 2 aromatic rings. The van der Waals surface area contributed by atoms with Gasteiger partial charge < -0.3 is 0 Å². The molecule has 0 amide bonds. The van der Waals surface area contributed by atoms with Gasteiger partial charge in [0, 0.05) is 10.7 Å². The van der Waals surface area contributed by atoms with E-state index in [9.17, 15) is 16.8 Å². The first kappa shape index (κ1) is 33.6. The number of aryl methyl sites for hydroxylation is 4.